The second kappa shape index (κ2) is 5.92. The fraction of sp³-hybridized carbons (Fsp3) is 0.500. The standard InChI is InChI=1S/C12H16F3NO2S/c1-9(5-6-16)19(17,18)8-10-3-2-4-11(7-10)12(13,14)15/h2-4,7,9H,5-6,8,16H2,1H3. The van der Waals surface area contributed by atoms with Crippen molar-refractivity contribution in [1.29, 1.82) is 0 Å². The summed E-state index contributed by atoms with van der Waals surface area (Å²) in [6, 6.07) is 4.37. The van der Waals surface area contributed by atoms with Crippen LogP contribution in [-0.4, -0.2) is 20.2 Å². The summed E-state index contributed by atoms with van der Waals surface area (Å²) in [5.74, 6) is -0.405. The lowest BCUT2D eigenvalue weighted by atomic mass is 10.1. The minimum absolute atomic E-state index is 0.138. The van der Waals surface area contributed by atoms with Crippen LogP contribution in [0.1, 0.15) is 24.5 Å². The molecule has 0 fully saturated rings. The predicted molar refractivity (Wildman–Crippen MR) is 67.2 cm³/mol. The molecular formula is C12H16F3NO2S. The van der Waals surface area contributed by atoms with Gasteiger partial charge in [-0.2, -0.15) is 13.2 Å². The fourth-order valence-corrected chi connectivity index (χ4v) is 3.05. The van der Waals surface area contributed by atoms with Gasteiger partial charge in [0.15, 0.2) is 9.84 Å². The van der Waals surface area contributed by atoms with Crippen LogP contribution in [0.2, 0.25) is 0 Å². The molecule has 0 saturated carbocycles. The first kappa shape index (κ1) is 16.0. The van der Waals surface area contributed by atoms with E-state index >= 15 is 0 Å². The van der Waals surface area contributed by atoms with E-state index in [9.17, 15) is 21.6 Å². The van der Waals surface area contributed by atoms with Crippen LogP contribution < -0.4 is 5.73 Å². The molecular weight excluding hydrogens is 279 g/mol. The van der Waals surface area contributed by atoms with Crippen molar-refractivity contribution in [2.24, 2.45) is 5.73 Å². The van der Waals surface area contributed by atoms with E-state index in [1.165, 1.54) is 19.1 Å². The minimum atomic E-state index is -4.47. The monoisotopic (exact) mass is 295 g/mol. The largest absolute Gasteiger partial charge is 0.416 e. The summed E-state index contributed by atoms with van der Waals surface area (Å²) in [5.41, 5.74) is 4.58. The van der Waals surface area contributed by atoms with Crippen molar-refractivity contribution in [3.63, 3.8) is 0 Å². The number of benzene rings is 1. The number of alkyl halides is 3. The van der Waals surface area contributed by atoms with Gasteiger partial charge in [-0.3, -0.25) is 0 Å². The maximum atomic E-state index is 12.5. The Morgan fingerprint density at radius 3 is 2.47 bits per heavy atom. The zero-order chi connectivity index (χ0) is 14.7. The second-order valence-corrected chi connectivity index (χ2v) is 6.81. The Balaban J connectivity index is 2.95. The van der Waals surface area contributed by atoms with E-state index < -0.39 is 32.6 Å². The molecule has 2 N–H and O–H groups in total. The molecule has 0 amide bonds. The summed E-state index contributed by atoms with van der Waals surface area (Å²) in [6.45, 7) is 1.73. The van der Waals surface area contributed by atoms with Crippen molar-refractivity contribution < 1.29 is 21.6 Å². The van der Waals surface area contributed by atoms with Gasteiger partial charge in [-0.25, -0.2) is 8.42 Å². The van der Waals surface area contributed by atoms with Gasteiger partial charge >= 0.3 is 6.18 Å². The highest BCUT2D eigenvalue weighted by Crippen LogP contribution is 2.30. The molecule has 1 atom stereocenters. The molecule has 0 aromatic heterocycles. The van der Waals surface area contributed by atoms with E-state index in [0.29, 0.717) is 6.42 Å². The molecule has 1 unspecified atom stereocenters. The summed E-state index contributed by atoms with van der Waals surface area (Å²) in [7, 11) is -3.49. The van der Waals surface area contributed by atoms with Crippen LogP contribution in [0.5, 0.6) is 0 Å². The Bertz CT molecular complexity index is 526. The Labute approximate surface area is 110 Å². The van der Waals surface area contributed by atoms with E-state index in [1.807, 2.05) is 0 Å². The Kier molecular flexibility index (Phi) is 4.98. The maximum absolute atomic E-state index is 12.5. The Morgan fingerprint density at radius 2 is 1.95 bits per heavy atom. The number of sulfone groups is 1. The molecule has 0 heterocycles. The molecule has 1 rings (SSSR count). The normalized spacial score (nSPS) is 14.4. The van der Waals surface area contributed by atoms with Crippen LogP contribution in [-0.2, 0) is 21.8 Å². The molecule has 0 radical (unpaired) electrons. The molecule has 0 aliphatic rings. The SMILES string of the molecule is CC(CCN)S(=O)(=O)Cc1cccc(C(F)(F)F)c1. The molecule has 1 aromatic carbocycles. The van der Waals surface area contributed by atoms with Gasteiger partial charge in [0, 0.05) is 0 Å². The van der Waals surface area contributed by atoms with Crippen molar-refractivity contribution in [1.82, 2.24) is 0 Å². The smallest absolute Gasteiger partial charge is 0.330 e. The van der Waals surface area contributed by atoms with Gasteiger partial charge in [0.2, 0.25) is 0 Å². The van der Waals surface area contributed by atoms with Gasteiger partial charge in [-0.15, -0.1) is 0 Å². The highest BCUT2D eigenvalue weighted by Gasteiger charge is 2.31. The van der Waals surface area contributed by atoms with Crippen molar-refractivity contribution in [3.05, 3.63) is 35.4 Å². The number of halogens is 3. The molecule has 19 heavy (non-hydrogen) atoms. The third-order valence-corrected chi connectivity index (χ3v) is 5.01. The molecule has 7 heteroatoms. The second-order valence-electron chi connectivity index (χ2n) is 4.39. The number of nitrogens with two attached hydrogens (primary N) is 1. The Hall–Kier alpha value is -1.08. The topological polar surface area (TPSA) is 60.2 Å². The van der Waals surface area contributed by atoms with Crippen LogP contribution in [0.25, 0.3) is 0 Å². The van der Waals surface area contributed by atoms with Gasteiger partial charge in [0.1, 0.15) is 0 Å². The van der Waals surface area contributed by atoms with Gasteiger partial charge in [0.25, 0.3) is 0 Å². The number of hydrogen-bond donors (Lipinski definition) is 1. The summed E-state index contributed by atoms with van der Waals surface area (Å²) in [6.07, 6.45) is -4.18. The summed E-state index contributed by atoms with van der Waals surface area (Å²) in [4.78, 5) is 0. The summed E-state index contributed by atoms with van der Waals surface area (Å²) < 4.78 is 61.4. The van der Waals surface area contributed by atoms with Crippen LogP contribution in [0.15, 0.2) is 24.3 Å². The highest BCUT2D eigenvalue weighted by molar-refractivity contribution is 7.91. The van der Waals surface area contributed by atoms with Crippen molar-refractivity contribution in [2.45, 2.75) is 30.5 Å². The fourth-order valence-electron chi connectivity index (χ4n) is 1.63. The van der Waals surface area contributed by atoms with Crippen LogP contribution in [0.3, 0.4) is 0 Å². The molecule has 3 nitrogen and oxygen atoms in total. The molecule has 0 aliphatic heterocycles. The Morgan fingerprint density at radius 1 is 1.32 bits per heavy atom. The molecule has 0 bridgehead atoms. The summed E-state index contributed by atoms with van der Waals surface area (Å²) >= 11 is 0. The van der Waals surface area contributed by atoms with Gasteiger partial charge in [0.05, 0.1) is 16.6 Å². The lowest BCUT2D eigenvalue weighted by Crippen LogP contribution is -2.23. The predicted octanol–water partition coefficient (Wildman–Crippen LogP) is 2.36. The lowest BCUT2D eigenvalue weighted by molar-refractivity contribution is -0.137. The first-order valence-electron chi connectivity index (χ1n) is 5.74. The zero-order valence-corrected chi connectivity index (χ0v) is 11.3. The molecule has 0 spiro atoms. The third-order valence-electron chi connectivity index (χ3n) is 2.81. The quantitative estimate of drug-likeness (QED) is 0.907. The highest BCUT2D eigenvalue weighted by atomic mass is 32.2. The van der Waals surface area contributed by atoms with E-state index in [-0.39, 0.29) is 12.1 Å². The molecule has 1 aromatic rings. The average Bonchev–Trinajstić information content (AvgIpc) is 2.28. The van der Waals surface area contributed by atoms with Crippen molar-refractivity contribution >= 4 is 9.84 Å². The summed E-state index contributed by atoms with van der Waals surface area (Å²) in [5, 5.41) is -0.660. The van der Waals surface area contributed by atoms with Gasteiger partial charge in [-0.1, -0.05) is 18.2 Å². The zero-order valence-electron chi connectivity index (χ0n) is 10.4. The first-order chi connectivity index (χ1) is 8.66. The molecule has 0 saturated heterocycles. The van der Waals surface area contributed by atoms with Crippen molar-refractivity contribution in [3.8, 4) is 0 Å². The third kappa shape index (κ3) is 4.50. The van der Waals surface area contributed by atoms with Crippen LogP contribution in [0.4, 0.5) is 13.2 Å². The number of hydrogen-bond acceptors (Lipinski definition) is 3. The van der Waals surface area contributed by atoms with Crippen LogP contribution in [0, 0.1) is 0 Å². The number of rotatable bonds is 5. The van der Waals surface area contributed by atoms with E-state index in [1.54, 1.807) is 0 Å². The lowest BCUT2D eigenvalue weighted by Gasteiger charge is -2.13. The van der Waals surface area contributed by atoms with E-state index in [4.69, 9.17) is 5.73 Å². The minimum Gasteiger partial charge on any atom is -0.330 e. The molecule has 108 valence electrons. The van der Waals surface area contributed by atoms with Gasteiger partial charge < -0.3 is 5.73 Å². The van der Waals surface area contributed by atoms with Crippen LogP contribution >= 0.6 is 0 Å². The van der Waals surface area contributed by atoms with Gasteiger partial charge in [-0.05, 0) is 31.5 Å². The average molecular weight is 295 g/mol. The first-order valence-corrected chi connectivity index (χ1v) is 7.46. The molecule has 0 aliphatic carbocycles. The van der Waals surface area contributed by atoms with Crippen molar-refractivity contribution in [2.75, 3.05) is 6.54 Å². The maximum Gasteiger partial charge on any atom is 0.416 e. The van der Waals surface area contributed by atoms with E-state index in [0.717, 1.165) is 12.1 Å². The van der Waals surface area contributed by atoms with E-state index in [2.05, 4.69) is 0 Å².